The van der Waals surface area contributed by atoms with Gasteiger partial charge in [-0.25, -0.2) is 0 Å². The van der Waals surface area contributed by atoms with Crippen molar-refractivity contribution in [3.05, 3.63) is 24.3 Å². The zero-order valence-corrected chi connectivity index (χ0v) is 9.66. The highest BCUT2D eigenvalue weighted by Gasteiger charge is 2.12. The molecule has 1 atom stereocenters. The molecule has 3 N–H and O–H groups in total. The Morgan fingerprint density at radius 3 is 2.88 bits per heavy atom. The third-order valence-corrected chi connectivity index (χ3v) is 2.26. The Labute approximate surface area is 95.7 Å². The summed E-state index contributed by atoms with van der Waals surface area (Å²) in [6.45, 7) is 5.37. The van der Waals surface area contributed by atoms with Crippen LogP contribution in [0.25, 0.3) is 0 Å². The van der Waals surface area contributed by atoms with Gasteiger partial charge in [0.1, 0.15) is 5.75 Å². The quantitative estimate of drug-likeness (QED) is 0.708. The van der Waals surface area contributed by atoms with Crippen LogP contribution in [0.1, 0.15) is 13.8 Å². The summed E-state index contributed by atoms with van der Waals surface area (Å²) < 4.78 is 0. The van der Waals surface area contributed by atoms with Crippen molar-refractivity contribution in [2.24, 2.45) is 5.92 Å². The number of carbonyl (C=O) groups is 1. The van der Waals surface area contributed by atoms with Crippen LogP contribution in [0, 0.1) is 5.92 Å². The summed E-state index contributed by atoms with van der Waals surface area (Å²) >= 11 is 0. The number of amides is 1. The summed E-state index contributed by atoms with van der Waals surface area (Å²) in [4.78, 5) is 11.7. The summed E-state index contributed by atoms with van der Waals surface area (Å²) in [5.74, 6) is 0.00554. The zero-order valence-electron chi connectivity index (χ0n) is 9.66. The van der Waals surface area contributed by atoms with Crippen molar-refractivity contribution in [1.82, 2.24) is 5.32 Å². The topological polar surface area (TPSA) is 61.4 Å². The standard InChI is InChI=1S/C12H18N2O2/c1-3-13-8-9(2)12(16)14-10-5-4-6-11(15)7-10/h4-7,9,13,15H,3,8H2,1-2H3,(H,14,16). The Hall–Kier alpha value is -1.55. The molecular weight excluding hydrogens is 204 g/mol. The fourth-order valence-electron chi connectivity index (χ4n) is 1.30. The van der Waals surface area contributed by atoms with E-state index in [2.05, 4.69) is 10.6 Å². The van der Waals surface area contributed by atoms with Gasteiger partial charge in [0.2, 0.25) is 5.91 Å². The first-order chi connectivity index (χ1) is 7.63. The maximum atomic E-state index is 11.7. The summed E-state index contributed by atoms with van der Waals surface area (Å²) in [6, 6.07) is 6.53. The van der Waals surface area contributed by atoms with Gasteiger partial charge in [0.15, 0.2) is 0 Å². The fourth-order valence-corrected chi connectivity index (χ4v) is 1.30. The van der Waals surface area contributed by atoms with Gasteiger partial charge in [-0.05, 0) is 18.7 Å². The van der Waals surface area contributed by atoms with E-state index in [4.69, 9.17) is 0 Å². The number of phenolic OH excluding ortho intramolecular Hbond substituents is 1. The summed E-state index contributed by atoms with van der Waals surface area (Å²) in [6.07, 6.45) is 0. The number of hydrogen-bond acceptors (Lipinski definition) is 3. The summed E-state index contributed by atoms with van der Waals surface area (Å²) in [7, 11) is 0. The number of anilines is 1. The molecule has 0 radical (unpaired) electrons. The van der Waals surface area contributed by atoms with Gasteiger partial charge in [0.25, 0.3) is 0 Å². The first kappa shape index (κ1) is 12.5. The lowest BCUT2D eigenvalue weighted by Crippen LogP contribution is -2.30. The average molecular weight is 222 g/mol. The Kier molecular flexibility index (Phi) is 4.79. The first-order valence-electron chi connectivity index (χ1n) is 5.44. The SMILES string of the molecule is CCNCC(C)C(=O)Nc1cccc(O)c1. The Morgan fingerprint density at radius 2 is 2.25 bits per heavy atom. The van der Waals surface area contributed by atoms with E-state index in [1.807, 2.05) is 13.8 Å². The number of nitrogens with one attached hydrogen (secondary N) is 2. The van der Waals surface area contributed by atoms with Crippen molar-refractivity contribution in [2.45, 2.75) is 13.8 Å². The second kappa shape index (κ2) is 6.12. The summed E-state index contributed by atoms with van der Waals surface area (Å²) in [5.41, 5.74) is 0.619. The predicted molar refractivity (Wildman–Crippen MR) is 64.4 cm³/mol. The molecule has 16 heavy (non-hydrogen) atoms. The van der Waals surface area contributed by atoms with E-state index >= 15 is 0 Å². The largest absolute Gasteiger partial charge is 0.508 e. The minimum Gasteiger partial charge on any atom is -0.508 e. The van der Waals surface area contributed by atoms with Gasteiger partial charge in [0, 0.05) is 24.2 Å². The molecule has 0 saturated heterocycles. The molecule has 4 nitrogen and oxygen atoms in total. The second-order valence-corrected chi connectivity index (χ2v) is 3.75. The average Bonchev–Trinajstić information content (AvgIpc) is 2.25. The number of hydrogen-bond donors (Lipinski definition) is 3. The second-order valence-electron chi connectivity index (χ2n) is 3.75. The van der Waals surface area contributed by atoms with Gasteiger partial charge in [-0.2, -0.15) is 0 Å². The molecule has 0 aliphatic carbocycles. The van der Waals surface area contributed by atoms with E-state index in [1.54, 1.807) is 18.2 Å². The van der Waals surface area contributed by atoms with Crippen LogP contribution in [0.2, 0.25) is 0 Å². The molecular formula is C12H18N2O2. The van der Waals surface area contributed by atoms with Crippen molar-refractivity contribution in [1.29, 1.82) is 0 Å². The highest BCUT2D eigenvalue weighted by molar-refractivity contribution is 5.92. The van der Waals surface area contributed by atoms with Gasteiger partial charge in [-0.15, -0.1) is 0 Å². The normalized spacial score (nSPS) is 12.1. The molecule has 1 unspecified atom stereocenters. The molecule has 1 aromatic carbocycles. The van der Waals surface area contributed by atoms with Gasteiger partial charge in [-0.3, -0.25) is 4.79 Å². The lowest BCUT2D eigenvalue weighted by atomic mass is 10.1. The third-order valence-electron chi connectivity index (χ3n) is 2.26. The van der Waals surface area contributed by atoms with E-state index in [9.17, 15) is 9.90 Å². The number of benzene rings is 1. The van der Waals surface area contributed by atoms with E-state index in [-0.39, 0.29) is 17.6 Å². The predicted octanol–water partition coefficient (Wildman–Crippen LogP) is 1.58. The van der Waals surface area contributed by atoms with Crippen molar-refractivity contribution in [3.63, 3.8) is 0 Å². The Balaban J connectivity index is 2.50. The van der Waals surface area contributed by atoms with Gasteiger partial charge in [0.05, 0.1) is 0 Å². The minimum atomic E-state index is -0.0951. The molecule has 0 fully saturated rings. The lowest BCUT2D eigenvalue weighted by molar-refractivity contribution is -0.119. The van der Waals surface area contributed by atoms with Crippen LogP contribution in [0.15, 0.2) is 24.3 Å². The fraction of sp³-hybridized carbons (Fsp3) is 0.417. The van der Waals surface area contributed by atoms with Gasteiger partial charge < -0.3 is 15.7 Å². The highest BCUT2D eigenvalue weighted by Crippen LogP contribution is 2.15. The van der Waals surface area contributed by atoms with Crippen LogP contribution < -0.4 is 10.6 Å². The molecule has 0 heterocycles. The minimum absolute atomic E-state index is 0.0495. The number of carbonyl (C=O) groups excluding carboxylic acids is 1. The highest BCUT2D eigenvalue weighted by atomic mass is 16.3. The van der Waals surface area contributed by atoms with E-state index in [0.717, 1.165) is 6.54 Å². The number of phenols is 1. The number of aromatic hydroxyl groups is 1. The van der Waals surface area contributed by atoms with Crippen LogP contribution in [-0.4, -0.2) is 24.1 Å². The van der Waals surface area contributed by atoms with Crippen LogP contribution in [-0.2, 0) is 4.79 Å². The molecule has 88 valence electrons. The lowest BCUT2D eigenvalue weighted by Gasteiger charge is -2.12. The molecule has 1 rings (SSSR count). The van der Waals surface area contributed by atoms with E-state index < -0.39 is 0 Å². The maximum absolute atomic E-state index is 11.7. The first-order valence-corrected chi connectivity index (χ1v) is 5.44. The molecule has 1 aromatic rings. The summed E-state index contributed by atoms with van der Waals surface area (Å²) in [5, 5.41) is 15.1. The molecule has 4 heteroatoms. The molecule has 0 spiro atoms. The molecule has 1 amide bonds. The van der Waals surface area contributed by atoms with Crippen molar-refractivity contribution >= 4 is 11.6 Å². The van der Waals surface area contributed by atoms with Gasteiger partial charge >= 0.3 is 0 Å². The molecule has 0 bridgehead atoms. The van der Waals surface area contributed by atoms with E-state index in [1.165, 1.54) is 6.07 Å². The van der Waals surface area contributed by atoms with Crippen LogP contribution in [0.3, 0.4) is 0 Å². The van der Waals surface area contributed by atoms with Crippen LogP contribution in [0.4, 0.5) is 5.69 Å². The van der Waals surface area contributed by atoms with Crippen LogP contribution >= 0.6 is 0 Å². The maximum Gasteiger partial charge on any atom is 0.228 e. The van der Waals surface area contributed by atoms with Crippen LogP contribution in [0.5, 0.6) is 5.75 Å². The van der Waals surface area contributed by atoms with Crippen molar-refractivity contribution in [3.8, 4) is 5.75 Å². The Bertz CT molecular complexity index is 353. The molecule has 0 aliphatic rings. The third kappa shape index (κ3) is 3.90. The molecule has 0 aromatic heterocycles. The zero-order chi connectivity index (χ0) is 12.0. The Morgan fingerprint density at radius 1 is 1.50 bits per heavy atom. The van der Waals surface area contributed by atoms with E-state index in [0.29, 0.717) is 12.2 Å². The molecule has 0 aliphatic heterocycles. The smallest absolute Gasteiger partial charge is 0.228 e. The van der Waals surface area contributed by atoms with Crippen molar-refractivity contribution < 1.29 is 9.90 Å². The monoisotopic (exact) mass is 222 g/mol. The number of rotatable bonds is 5. The van der Waals surface area contributed by atoms with Gasteiger partial charge in [-0.1, -0.05) is 19.9 Å². The van der Waals surface area contributed by atoms with Crippen molar-refractivity contribution in [2.75, 3.05) is 18.4 Å². The molecule has 0 saturated carbocycles.